The van der Waals surface area contributed by atoms with Gasteiger partial charge in [-0.05, 0) is 19.1 Å². The molecule has 1 aromatic heterocycles. The standard InChI is InChI=1S/C14H13N3O3/c1-9-6-12(18)11(8-15)16-17(9)10-4-5-13(19-2)14(7-10)20-3/h4-7H,1-3H3. The highest BCUT2D eigenvalue weighted by Crippen LogP contribution is 2.29. The van der Waals surface area contributed by atoms with Crippen molar-refractivity contribution in [2.24, 2.45) is 0 Å². The van der Waals surface area contributed by atoms with Crippen LogP contribution in [0.4, 0.5) is 0 Å². The summed E-state index contributed by atoms with van der Waals surface area (Å²) < 4.78 is 11.9. The van der Waals surface area contributed by atoms with E-state index in [4.69, 9.17) is 14.7 Å². The number of aryl methyl sites for hydroxylation is 1. The zero-order valence-corrected chi connectivity index (χ0v) is 11.4. The number of ether oxygens (including phenoxy) is 2. The van der Waals surface area contributed by atoms with Crippen LogP contribution in [0.25, 0.3) is 5.69 Å². The van der Waals surface area contributed by atoms with Crippen LogP contribution in [0.2, 0.25) is 0 Å². The van der Waals surface area contributed by atoms with Gasteiger partial charge in [0.1, 0.15) is 6.07 Å². The lowest BCUT2D eigenvalue weighted by Gasteiger charge is -2.12. The van der Waals surface area contributed by atoms with Crippen molar-refractivity contribution in [3.8, 4) is 23.3 Å². The van der Waals surface area contributed by atoms with Crippen molar-refractivity contribution in [3.05, 3.63) is 45.9 Å². The molecule has 0 bridgehead atoms. The molecule has 6 nitrogen and oxygen atoms in total. The minimum atomic E-state index is -0.387. The Balaban J connectivity index is 2.63. The van der Waals surface area contributed by atoms with Gasteiger partial charge in [-0.2, -0.15) is 10.4 Å². The second-order valence-electron chi connectivity index (χ2n) is 4.06. The summed E-state index contributed by atoms with van der Waals surface area (Å²) in [7, 11) is 3.09. The van der Waals surface area contributed by atoms with Crippen LogP contribution in [0.1, 0.15) is 11.4 Å². The van der Waals surface area contributed by atoms with E-state index in [1.807, 2.05) is 0 Å². The molecule has 0 aliphatic carbocycles. The van der Waals surface area contributed by atoms with Gasteiger partial charge in [0.25, 0.3) is 0 Å². The maximum absolute atomic E-state index is 11.5. The highest BCUT2D eigenvalue weighted by atomic mass is 16.5. The highest BCUT2D eigenvalue weighted by Gasteiger charge is 2.10. The summed E-state index contributed by atoms with van der Waals surface area (Å²) in [5.41, 5.74) is 0.769. The number of methoxy groups -OCH3 is 2. The van der Waals surface area contributed by atoms with Crippen molar-refractivity contribution < 1.29 is 9.47 Å². The van der Waals surface area contributed by atoms with Crippen LogP contribution in [-0.4, -0.2) is 24.0 Å². The zero-order chi connectivity index (χ0) is 14.7. The van der Waals surface area contributed by atoms with Gasteiger partial charge in [0, 0.05) is 17.8 Å². The molecule has 0 saturated heterocycles. The second-order valence-corrected chi connectivity index (χ2v) is 4.06. The van der Waals surface area contributed by atoms with Crippen molar-refractivity contribution >= 4 is 0 Å². The van der Waals surface area contributed by atoms with Crippen molar-refractivity contribution in [1.29, 1.82) is 5.26 Å². The first-order valence-electron chi connectivity index (χ1n) is 5.84. The number of nitrogens with zero attached hydrogens (tertiary/aromatic N) is 3. The molecule has 20 heavy (non-hydrogen) atoms. The Labute approximate surface area is 115 Å². The Morgan fingerprint density at radius 2 is 1.90 bits per heavy atom. The summed E-state index contributed by atoms with van der Waals surface area (Å²) in [4.78, 5) is 11.5. The predicted octanol–water partition coefficient (Wildman–Crippen LogP) is 1.43. The molecule has 0 aliphatic heterocycles. The number of rotatable bonds is 3. The molecule has 0 amide bonds. The minimum Gasteiger partial charge on any atom is -0.493 e. The van der Waals surface area contributed by atoms with Crippen LogP contribution in [0, 0.1) is 18.3 Å². The summed E-state index contributed by atoms with van der Waals surface area (Å²) in [5, 5.41) is 12.9. The molecular weight excluding hydrogens is 258 g/mol. The molecule has 6 heteroatoms. The Bertz CT molecular complexity index is 744. The number of benzene rings is 1. The fraction of sp³-hybridized carbons (Fsp3) is 0.214. The van der Waals surface area contributed by atoms with Crippen LogP contribution in [0.3, 0.4) is 0 Å². The largest absolute Gasteiger partial charge is 0.493 e. The summed E-state index contributed by atoms with van der Waals surface area (Å²) in [5.74, 6) is 1.14. The van der Waals surface area contributed by atoms with Gasteiger partial charge in [-0.15, -0.1) is 0 Å². The van der Waals surface area contributed by atoms with Crippen molar-refractivity contribution in [2.75, 3.05) is 14.2 Å². The maximum atomic E-state index is 11.5. The molecule has 0 unspecified atom stereocenters. The first-order valence-corrected chi connectivity index (χ1v) is 5.84. The van der Waals surface area contributed by atoms with E-state index in [9.17, 15) is 4.79 Å². The third-order valence-corrected chi connectivity index (χ3v) is 2.83. The third kappa shape index (κ3) is 2.34. The first-order chi connectivity index (χ1) is 9.60. The smallest absolute Gasteiger partial charge is 0.218 e. The second kappa shape index (κ2) is 5.45. The zero-order valence-electron chi connectivity index (χ0n) is 11.4. The number of aromatic nitrogens is 2. The first kappa shape index (κ1) is 13.6. The van der Waals surface area contributed by atoms with Crippen LogP contribution in [-0.2, 0) is 0 Å². The molecule has 0 spiro atoms. The lowest BCUT2D eigenvalue weighted by Crippen LogP contribution is -2.16. The van der Waals surface area contributed by atoms with Gasteiger partial charge < -0.3 is 9.47 Å². The molecule has 1 aromatic carbocycles. The van der Waals surface area contributed by atoms with E-state index < -0.39 is 0 Å². The normalized spacial score (nSPS) is 9.90. The van der Waals surface area contributed by atoms with Gasteiger partial charge in [-0.25, -0.2) is 4.68 Å². The van der Waals surface area contributed by atoms with E-state index in [0.29, 0.717) is 22.9 Å². The van der Waals surface area contributed by atoms with Crippen molar-refractivity contribution in [2.45, 2.75) is 6.92 Å². The van der Waals surface area contributed by atoms with Gasteiger partial charge >= 0.3 is 0 Å². The van der Waals surface area contributed by atoms with E-state index in [0.717, 1.165) is 0 Å². The summed E-state index contributed by atoms with van der Waals surface area (Å²) >= 11 is 0. The Hall–Kier alpha value is -2.81. The van der Waals surface area contributed by atoms with Crippen molar-refractivity contribution in [1.82, 2.24) is 9.78 Å². The average molecular weight is 271 g/mol. The predicted molar refractivity (Wildman–Crippen MR) is 72.4 cm³/mol. The minimum absolute atomic E-state index is 0.148. The fourth-order valence-corrected chi connectivity index (χ4v) is 1.84. The fourth-order valence-electron chi connectivity index (χ4n) is 1.84. The molecule has 2 rings (SSSR count). The van der Waals surface area contributed by atoms with Gasteiger partial charge in [0.15, 0.2) is 11.5 Å². The quantitative estimate of drug-likeness (QED) is 0.844. The molecule has 0 atom stereocenters. The van der Waals surface area contributed by atoms with E-state index in [1.165, 1.54) is 17.9 Å². The third-order valence-electron chi connectivity index (χ3n) is 2.83. The molecule has 1 heterocycles. The van der Waals surface area contributed by atoms with Gasteiger partial charge in [0.2, 0.25) is 11.1 Å². The molecule has 0 saturated carbocycles. The molecule has 0 fully saturated rings. The van der Waals surface area contributed by atoms with E-state index in [2.05, 4.69) is 5.10 Å². The molecule has 0 N–H and O–H groups in total. The Morgan fingerprint density at radius 1 is 1.20 bits per heavy atom. The van der Waals surface area contributed by atoms with Crippen LogP contribution < -0.4 is 14.9 Å². The Morgan fingerprint density at radius 3 is 2.50 bits per heavy atom. The molecule has 0 radical (unpaired) electrons. The van der Waals surface area contributed by atoms with E-state index in [1.54, 1.807) is 38.3 Å². The van der Waals surface area contributed by atoms with Gasteiger partial charge in [-0.1, -0.05) is 0 Å². The lowest BCUT2D eigenvalue weighted by atomic mass is 10.2. The topological polar surface area (TPSA) is 77.1 Å². The SMILES string of the molecule is COc1ccc(-n2nc(C#N)c(=O)cc2C)cc1OC. The molecule has 0 aliphatic rings. The average Bonchev–Trinajstić information content (AvgIpc) is 2.46. The number of nitriles is 1. The highest BCUT2D eigenvalue weighted by molar-refractivity contribution is 5.49. The monoisotopic (exact) mass is 271 g/mol. The molecular formula is C14H13N3O3. The van der Waals surface area contributed by atoms with Crippen molar-refractivity contribution in [3.63, 3.8) is 0 Å². The van der Waals surface area contributed by atoms with E-state index in [-0.39, 0.29) is 11.1 Å². The lowest BCUT2D eigenvalue weighted by molar-refractivity contribution is 0.354. The maximum Gasteiger partial charge on any atom is 0.218 e. The number of hydrogen-bond donors (Lipinski definition) is 0. The summed E-state index contributed by atoms with van der Waals surface area (Å²) in [6.45, 7) is 1.74. The molecule has 102 valence electrons. The molecule has 2 aromatic rings. The van der Waals surface area contributed by atoms with Gasteiger partial charge in [-0.3, -0.25) is 4.79 Å². The summed E-state index contributed by atoms with van der Waals surface area (Å²) in [6, 6.07) is 8.39. The van der Waals surface area contributed by atoms with Gasteiger partial charge in [0.05, 0.1) is 19.9 Å². The number of hydrogen-bond acceptors (Lipinski definition) is 5. The van der Waals surface area contributed by atoms with E-state index >= 15 is 0 Å². The van der Waals surface area contributed by atoms with Crippen LogP contribution >= 0.6 is 0 Å². The summed E-state index contributed by atoms with van der Waals surface area (Å²) in [6.07, 6.45) is 0. The van der Waals surface area contributed by atoms with Crippen LogP contribution in [0.15, 0.2) is 29.1 Å². The van der Waals surface area contributed by atoms with Crippen LogP contribution in [0.5, 0.6) is 11.5 Å². The Kier molecular flexibility index (Phi) is 3.71.